The molecule has 0 fully saturated rings. The summed E-state index contributed by atoms with van der Waals surface area (Å²) >= 11 is 3.20. The molecule has 0 heterocycles. The number of anilines is 1. The Morgan fingerprint density at radius 1 is 1.47 bits per heavy atom. The highest BCUT2D eigenvalue weighted by Crippen LogP contribution is 2.27. The molecule has 17 heavy (non-hydrogen) atoms. The van der Waals surface area contributed by atoms with Crippen LogP contribution in [0.4, 0.5) is 18.9 Å². The smallest absolute Gasteiger partial charge is 0.381 e. The fourth-order valence-corrected chi connectivity index (χ4v) is 1.86. The van der Waals surface area contributed by atoms with E-state index in [1.165, 1.54) is 6.92 Å². The molecule has 1 N–H and O–H groups in total. The Morgan fingerprint density at radius 2 is 2.12 bits per heavy atom. The second-order valence-corrected chi connectivity index (χ2v) is 4.53. The van der Waals surface area contributed by atoms with Crippen LogP contribution in [-0.4, -0.2) is 12.2 Å². The highest BCUT2D eigenvalue weighted by atomic mass is 79.9. The molecular weight excluding hydrogens is 297 g/mol. The Hall–Kier alpha value is -1.22. The Labute approximate surface area is 106 Å². The van der Waals surface area contributed by atoms with Crippen LogP contribution in [0, 0.1) is 11.3 Å². The highest BCUT2D eigenvalue weighted by Gasteiger charge is 2.30. The van der Waals surface area contributed by atoms with Gasteiger partial charge in [0.15, 0.2) is 0 Å². The predicted molar refractivity (Wildman–Crippen MR) is 62.6 cm³/mol. The van der Waals surface area contributed by atoms with Gasteiger partial charge in [0.25, 0.3) is 0 Å². The molecule has 92 valence electrons. The molecule has 0 aliphatic heterocycles. The van der Waals surface area contributed by atoms with Gasteiger partial charge in [0.05, 0.1) is 18.1 Å². The van der Waals surface area contributed by atoms with E-state index >= 15 is 0 Å². The van der Waals surface area contributed by atoms with Crippen LogP contribution in [0.15, 0.2) is 22.7 Å². The summed E-state index contributed by atoms with van der Waals surface area (Å²) in [6, 6.07) is 5.91. The van der Waals surface area contributed by atoms with Crippen molar-refractivity contribution in [3.05, 3.63) is 28.2 Å². The molecule has 0 saturated heterocycles. The summed E-state index contributed by atoms with van der Waals surface area (Å²) in [5.74, 6) is 0. The average molecular weight is 307 g/mol. The number of rotatable bonds is 3. The van der Waals surface area contributed by atoms with Crippen molar-refractivity contribution in [2.45, 2.75) is 25.6 Å². The molecule has 0 aliphatic carbocycles. The number of alkyl halides is 3. The summed E-state index contributed by atoms with van der Waals surface area (Å²) in [6.07, 6.45) is -5.09. The van der Waals surface area contributed by atoms with E-state index in [2.05, 4.69) is 21.2 Å². The molecule has 0 aromatic heterocycles. The fraction of sp³-hybridized carbons (Fsp3) is 0.364. The molecular formula is C11H10BrF3N2. The van der Waals surface area contributed by atoms with E-state index in [-0.39, 0.29) is 0 Å². The zero-order chi connectivity index (χ0) is 13.1. The van der Waals surface area contributed by atoms with Gasteiger partial charge < -0.3 is 5.32 Å². The van der Waals surface area contributed by atoms with Crippen LogP contribution in [0.5, 0.6) is 0 Å². The normalized spacial score (nSPS) is 12.9. The lowest BCUT2D eigenvalue weighted by atomic mass is 10.2. The molecule has 2 nitrogen and oxygen atoms in total. The number of nitrogens with zero attached hydrogens (tertiary/aromatic N) is 1. The molecule has 1 aromatic rings. The van der Waals surface area contributed by atoms with Gasteiger partial charge in [-0.3, -0.25) is 0 Å². The Morgan fingerprint density at radius 3 is 2.59 bits per heavy atom. The highest BCUT2D eigenvalue weighted by molar-refractivity contribution is 9.10. The van der Waals surface area contributed by atoms with E-state index in [1.807, 2.05) is 6.07 Å². The van der Waals surface area contributed by atoms with Gasteiger partial charge in [-0.05, 0) is 41.1 Å². The molecule has 1 rings (SSSR count). The average Bonchev–Trinajstić information content (AvgIpc) is 2.18. The first-order valence-electron chi connectivity index (χ1n) is 4.85. The Balaban J connectivity index is 2.73. The maximum atomic E-state index is 12.1. The van der Waals surface area contributed by atoms with Crippen molar-refractivity contribution in [1.29, 1.82) is 5.26 Å². The van der Waals surface area contributed by atoms with E-state index in [0.717, 1.165) is 0 Å². The quantitative estimate of drug-likeness (QED) is 0.913. The molecule has 1 unspecified atom stereocenters. The number of nitrogens with one attached hydrogen (secondary N) is 1. The molecule has 0 bridgehead atoms. The molecule has 0 radical (unpaired) electrons. The third kappa shape index (κ3) is 4.65. The number of halogens is 4. The van der Waals surface area contributed by atoms with Gasteiger partial charge in [-0.2, -0.15) is 18.4 Å². The summed E-state index contributed by atoms with van der Waals surface area (Å²) in [7, 11) is 0. The maximum Gasteiger partial charge on any atom is 0.391 e. The van der Waals surface area contributed by atoms with Crippen molar-refractivity contribution in [1.82, 2.24) is 0 Å². The van der Waals surface area contributed by atoms with Crippen LogP contribution >= 0.6 is 15.9 Å². The fourth-order valence-electron chi connectivity index (χ4n) is 1.37. The van der Waals surface area contributed by atoms with Crippen molar-refractivity contribution in [3.63, 3.8) is 0 Å². The third-order valence-electron chi connectivity index (χ3n) is 2.04. The molecule has 0 saturated carbocycles. The number of nitriles is 1. The summed E-state index contributed by atoms with van der Waals surface area (Å²) in [5.41, 5.74) is 0.992. The van der Waals surface area contributed by atoms with Crippen LogP contribution in [-0.2, 0) is 0 Å². The molecule has 1 atom stereocenters. The summed E-state index contributed by atoms with van der Waals surface area (Å²) < 4.78 is 37.0. The van der Waals surface area contributed by atoms with Crippen molar-refractivity contribution in [2.75, 3.05) is 5.32 Å². The molecule has 0 amide bonds. The van der Waals surface area contributed by atoms with Gasteiger partial charge in [0, 0.05) is 16.2 Å². The Bertz CT molecular complexity index is 437. The maximum absolute atomic E-state index is 12.1. The van der Waals surface area contributed by atoms with Crippen molar-refractivity contribution < 1.29 is 13.2 Å². The topological polar surface area (TPSA) is 35.8 Å². The lowest BCUT2D eigenvalue weighted by Gasteiger charge is -2.18. The van der Waals surface area contributed by atoms with Crippen molar-refractivity contribution >= 4 is 21.6 Å². The van der Waals surface area contributed by atoms with Crippen LogP contribution in [0.1, 0.15) is 18.9 Å². The molecule has 1 aromatic carbocycles. The first kappa shape index (κ1) is 13.8. The summed E-state index contributed by atoms with van der Waals surface area (Å²) in [4.78, 5) is 0. The van der Waals surface area contributed by atoms with Crippen LogP contribution in [0.2, 0.25) is 0 Å². The van der Waals surface area contributed by atoms with E-state index in [9.17, 15) is 13.2 Å². The first-order chi connectivity index (χ1) is 7.81. The van der Waals surface area contributed by atoms with E-state index in [0.29, 0.717) is 15.7 Å². The van der Waals surface area contributed by atoms with E-state index in [1.54, 1.807) is 18.2 Å². The van der Waals surface area contributed by atoms with Crippen molar-refractivity contribution in [2.24, 2.45) is 0 Å². The van der Waals surface area contributed by atoms with Gasteiger partial charge >= 0.3 is 6.18 Å². The minimum absolute atomic E-state index is 0.450. The minimum atomic E-state index is -4.19. The minimum Gasteiger partial charge on any atom is -0.381 e. The van der Waals surface area contributed by atoms with Crippen LogP contribution in [0.3, 0.4) is 0 Å². The first-order valence-corrected chi connectivity index (χ1v) is 5.64. The third-order valence-corrected chi connectivity index (χ3v) is 2.69. The summed E-state index contributed by atoms with van der Waals surface area (Å²) in [6.45, 7) is 1.46. The molecule has 6 heteroatoms. The van der Waals surface area contributed by atoms with Gasteiger partial charge in [0.1, 0.15) is 0 Å². The van der Waals surface area contributed by atoms with Gasteiger partial charge in [-0.15, -0.1) is 0 Å². The second-order valence-electron chi connectivity index (χ2n) is 3.67. The number of hydrogen-bond acceptors (Lipinski definition) is 2. The monoisotopic (exact) mass is 306 g/mol. The largest absolute Gasteiger partial charge is 0.391 e. The zero-order valence-corrected chi connectivity index (χ0v) is 10.6. The number of benzene rings is 1. The SMILES string of the molecule is CC(CC(F)(F)F)Nc1ccc(C#N)cc1Br. The number of hydrogen-bond donors (Lipinski definition) is 1. The van der Waals surface area contributed by atoms with Crippen molar-refractivity contribution in [3.8, 4) is 6.07 Å². The zero-order valence-electron chi connectivity index (χ0n) is 8.98. The standard InChI is InChI=1S/C11H10BrF3N2/c1-7(5-11(13,14)15)17-10-3-2-8(6-16)4-9(10)12/h2-4,7,17H,5H2,1H3. The Kier molecular flexibility index (Phi) is 4.40. The second kappa shape index (κ2) is 5.41. The van der Waals surface area contributed by atoms with E-state index in [4.69, 9.17) is 5.26 Å². The summed E-state index contributed by atoms with van der Waals surface area (Å²) in [5, 5.41) is 11.4. The van der Waals surface area contributed by atoms with Crippen LogP contribution in [0.25, 0.3) is 0 Å². The predicted octanol–water partition coefficient (Wildman–Crippen LogP) is 4.07. The van der Waals surface area contributed by atoms with Crippen LogP contribution < -0.4 is 5.32 Å². The molecule has 0 spiro atoms. The van der Waals surface area contributed by atoms with Gasteiger partial charge in [0.2, 0.25) is 0 Å². The van der Waals surface area contributed by atoms with E-state index < -0.39 is 18.6 Å². The lowest BCUT2D eigenvalue weighted by Crippen LogP contribution is -2.24. The molecule has 0 aliphatic rings. The van der Waals surface area contributed by atoms with Gasteiger partial charge in [-0.25, -0.2) is 0 Å². The lowest BCUT2D eigenvalue weighted by molar-refractivity contribution is -0.136. The van der Waals surface area contributed by atoms with Gasteiger partial charge in [-0.1, -0.05) is 0 Å².